The highest BCUT2D eigenvalue weighted by molar-refractivity contribution is 5.79. The van der Waals surface area contributed by atoms with E-state index in [1.54, 1.807) is 0 Å². The number of carbonyl (C=O) groups is 1. The summed E-state index contributed by atoms with van der Waals surface area (Å²) in [6.45, 7) is 13.6. The summed E-state index contributed by atoms with van der Waals surface area (Å²) in [4.78, 5) is 16.9. The first-order valence-electron chi connectivity index (χ1n) is 9.04. The molecule has 132 valence electrons. The molecule has 0 N–H and O–H groups in total. The zero-order valence-electron chi connectivity index (χ0n) is 15.5. The Hall–Kier alpha value is -1.39. The first kappa shape index (κ1) is 17.4. The van der Waals surface area contributed by atoms with Crippen molar-refractivity contribution in [2.75, 3.05) is 32.8 Å². The van der Waals surface area contributed by atoms with Gasteiger partial charge in [-0.05, 0) is 38.8 Å². The number of nitrogens with zero attached hydrogens (tertiary/aromatic N) is 2. The molecular formula is C20H30N2O2. The van der Waals surface area contributed by atoms with Gasteiger partial charge in [0.1, 0.15) is 0 Å². The van der Waals surface area contributed by atoms with Crippen molar-refractivity contribution in [2.45, 2.75) is 46.7 Å². The minimum absolute atomic E-state index is 0.0460. The molecule has 0 bridgehead atoms. The quantitative estimate of drug-likeness (QED) is 0.854. The molecule has 1 atom stereocenters. The van der Waals surface area contributed by atoms with Crippen LogP contribution in [0.2, 0.25) is 0 Å². The molecule has 24 heavy (non-hydrogen) atoms. The van der Waals surface area contributed by atoms with Gasteiger partial charge >= 0.3 is 0 Å². The van der Waals surface area contributed by atoms with Crippen molar-refractivity contribution >= 4 is 5.91 Å². The van der Waals surface area contributed by atoms with Gasteiger partial charge in [0.15, 0.2) is 0 Å². The Morgan fingerprint density at radius 2 is 2.04 bits per heavy atom. The topological polar surface area (TPSA) is 32.8 Å². The molecular weight excluding hydrogens is 300 g/mol. The van der Waals surface area contributed by atoms with Crippen molar-refractivity contribution in [2.24, 2.45) is 5.41 Å². The van der Waals surface area contributed by atoms with Gasteiger partial charge in [-0.1, -0.05) is 23.8 Å². The van der Waals surface area contributed by atoms with Crippen LogP contribution in [0, 0.1) is 19.3 Å². The molecule has 0 radical (unpaired) electrons. The van der Waals surface area contributed by atoms with Gasteiger partial charge in [-0.2, -0.15) is 0 Å². The largest absolute Gasteiger partial charge is 0.379 e. The number of aryl methyl sites for hydroxylation is 2. The van der Waals surface area contributed by atoms with E-state index in [9.17, 15) is 4.79 Å². The van der Waals surface area contributed by atoms with Gasteiger partial charge in [0.25, 0.3) is 0 Å². The van der Waals surface area contributed by atoms with E-state index in [0.29, 0.717) is 13.0 Å². The maximum atomic E-state index is 12.4. The molecule has 2 aliphatic heterocycles. The van der Waals surface area contributed by atoms with E-state index in [0.717, 1.165) is 32.8 Å². The zero-order valence-corrected chi connectivity index (χ0v) is 15.5. The van der Waals surface area contributed by atoms with E-state index in [1.807, 2.05) is 4.90 Å². The SMILES string of the molecule is Cc1ccc(C)c(CN2CCOC[C@@]3(CC(=O)N(C(C)C)C3)C2)c1. The van der Waals surface area contributed by atoms with Crippen LogP contribution in [0.15, 0.2) is 18.2 Å². The van der Waals surface area contributed by atoms with Crippen LogP contribution in [-0.4, -0.2) is 54.6 Å². The molecule has 0 unspecified atom stereocenters. The Bertz CT molecular complexity index is 614. The lowest BCUT2D eigenvalue weighted by molar-refractivity contribution is -0.129. The second-order valence-electron chi connectivity index (χ2n) is 7.99. The number of ether oxygens (including phenoxy) is 1. The van der Waals surface area contributed by atoms with Gasteiger partial charge in [-0.15, -0.1) is 0 Å². The molecule has 4 heteroatoms. The summed E-state index contributed by atoms with van der Waals surface area (Å²) in [6.07, 6.45) is 0.620. The normalized spacial score (nSPS) is 25.7. The van der Waals surface area contributed by atoms with E-state index in [4.69, 9.17) is 4.74 Å². The third kappa shape index (κ3) is 3.65. The number of hydrogen-bond donors (Lipinski definition) is 0. The summed E-state index contributed by atoms with van der Waals surface area (Å²) in [5.74, 6) is 0.280. The van der Waals surface area contributed by atoms with Gasteiger partial charge in [-0.25, -0.2) is 0 Å². The molecule has 1 spiro atoms. The zero-order chi connectivity index (χ0) is 17.3. The molecule has 1 aromatic rings. The molecule has 0 aliphatic carbocycles. The highest BCUT2D eigenvalue weighted by Gasteiger charge is 2.46. The molecule has 3 rings (SSSR count). The fourth-order valence-electron chi connectivity index (χ4n) is 4.03. The van der Waals surface area contributed by atoms with Crippen LogP contribution in [0.4, 0.5) is 0 Å². The molecule has 2 fully saturated rings. The van der Waals surface area contributed by atoms with Crippen LogP contribution in [0.3, 0.4) is 0 Å². The van der Waals surface area contributed by atoms with Crippen molar-refractivity contribution in [3.8, 4) is 0 Å². The second-order valence-corrected chi connectivity index (χ2v) is 7.99. The Kier molecular flexibility index (Phi) is 4.97. The van der Waals surface area contributed by atoms with E-state index in [2.05, 4.69) is 50.8 Å². The van der Waals surface area contributed by atoms with Crippen LogP contribution in [0.5, 0.6) is 0 Å². The first-order chi connectivity index (χ1) is 11.4. The Balaban J connectivity index is 1.76. The average Bonchev–Trinajstić information content (AvgIpc) is 2.71. The van der Waals surface area contributed by atoms with Gasteiger partial charge in [0, 0.05) is 44.1 Å². The van der Waals surface area contributed by atoms with E-state index in [1.165, 1.54) is 16.7 Å². The molecule has 1 amide bonds. The number of amides is 1. The van der Waals surface area contributed by atoms with Crippen molar-refractivity contribution in [3.05, 3.63) is 34.9 Å². The molecule has 2 aliphatic rings. The van der Waals surface area contributed by atoms with Crippen molar-refractivity contribution in [3.63, 3.8) is 0 Å². The third-order valence-corrected chi connectivity index (χ3v) is 5.39. The van der Waals surface area contributed by atoms with Crippen LogP contribution >= 0.6 is 0 Å². The minimum Gasteiger partial charge on any atom is -0.379 e. The van der Waals surface area contributed by atoms with Crippen molar-refractivity contribution < 1.29 is 9.53 Å². The fourth-order valence-corrected chi connectivity index (χ4v) is 4.03. The number of rotatable bonds is 3. The van der Waals surface area contributed by atoms with Crippen molar-refractivity contribution in [1.29, 1.82) is 0 Å². The molecule has 2 saturated heterocycles. The Morgan fingerprint density at radius 3 is 2.75 bits per heavy atom. The highest BCUT2D eigenvalue weighted by atomic mass is 16.5. The summed E-state index contributed by atoms with van der Waals surface area (Å²) >= 11 is 0. The second kappa shape index (κ2) is 6.85. The lowest BCUT2D eigenvalue weighted by atomic mass is 9.87. The first-order valence-corrected chi connectivity index (χ1v) is 9.04. The number of hydrogen-bond acceptors (Lipinski definition) is 3. The fraction of sp³-hybridized carbons (Fsp3) is 0.650. The van der Waals surface area contributed by atoms with E-state index >= 15 is 0 Å². The van der Waals surface area contributed by atoms with Crippen molar-refractivity contribution in [1.82, 2.24) is 9.80 Å². The van der Waals surface area contributed by atoms with Gasteiger partial charge in [-0.3, -0.25) is 9.69 Å². The van der Waals surface area contributed by atoms with Gasteiger partial charge in [0.2, 0.25) is 5.91 Å². The predicted molar refractivity (Wildman–Crippen MR) is 95.9 cm³/mol. The average molecular weight is 330 g/mol. The summed E-state index contributed by atoms with van der Waals surface area (Å²) in [5, 5.41) is 0. The number of benzene rings is 1. The third-order valence-electron chi connectivity index (χ3n) is 5.39. The monoisotopic (exact) mass is 330 g/mol. The lowest BCUT2D eigenvalue weighted by Gasteiger charge is -2.32. The molecule has 4 nitrogen and oxygen atoms in total. The minimum atomic E-state index is -0.0460. The summed E-state index contributed by atoms with van der Waals surface area (Å²) in [7, 11) is 0. The molecule has 2 heterocycles. The van der Waals surface area contributed by atoms with Crippen LogP contribution in [0.1, 0.15) is 37.0 Å². The molecule has 0 aromatic heterocycles. The predicted octanol–water partition coefficient (Wildman–Crippen LogP) is 2.76. The number of carbonyl (C=O) groups excluding carboxylic acids is 1. The lowest BCUT2D eigenvalue weighted by Crippen LogP contribution is -2.41. The molecule has 1 aromatic carbocycles. The maximum absolute atomic E-state index is 12.4. The van der Waals surface area contributed by atoms with Crippen LogP contribution in [-0.2, 0) is 16.1 Å². The van der Waals surface area contributed by atoms with E-state index in [-0.39, 0.29) is 17.4 Å². The van der Waals surface area contributed by atoms with Crippen LogP contribution < -0.4 is 0 Å². The number of likely N-dealkylation sites (tertiary alicyclic amines) is 1. The summed E-state index contributed by atoms with van der Waals surface area (Å²) in [5.41, 5.74) is 3.98. The van der Waals surface area contributed by atoms with E-state index < -0.39 is 0 Å². The van der Waals surface area contributed by atoms with Gasteiger partial charge < -0.3 is 9.64 Å². The standard InChI is InChI=1S/C20H30N2O2/c1-15(2)22-13-20(10-19(22)23)12-21(7-8-24-14-20)11-18-9-16(3)5-6-17(18)4/h5-6,9,15H,7-8,10-14H2,1-4H3/t20-/m0/s1. The maximum Gasteiger partial charge on any atom is 0.223 e. The summed E-state index contributed by atoms with van der Waals surface area (Å²) in [6, 6.07) is 6.93. The highest BCUT2D eigenvalue weighted by Crippen LogP contribution is 2.35. The molecule has 0 saturated carbocycles. The Labute approximate surface area is 145 Å². The summed E-state index contributed by atoms with van der Waals surface area (Å²) < 4.78 is 5.91. The van der Waals surface area contributed by atoms with Crippen LogP contribution in [0.25, 0.3) is 0 Å². The Morgan fingerprint density at radius 1 is 1.25 bits per heavy atom. The van der Waals surface area contributed by atoms with Gasteiger partial charge in [0.05, 0.1) is 13.2 Å². The smallest absolute Gasteiger partial charge is 0.223 e.